The highest BCUT2D eigenvalue weighted by molar-refractivity contribution is 7.12. The average Bonchev–Trinajstić information content (AvgIpc) is 2.95. The molecule has 0 spiro atoms. The van der Waals surface area contributed by atoms with Gasteiger partial charge in [0.25, 0.3) is 5.91 Å². The van der Waals surface area contributed by atoms with E-state index in [4.69, 9.17) is 5.11 Å². The van der Waals surface area contributed by atoms with Gasteiger partial charge in [0.2, 0.25) is 0 Å². The van der Waals surface area contributed by atoms with Crippen molar-refractivity contribution in [2.45, 2.75) is 26.8 Å². The molecule has 0 radical (unpaired) electrons. The van der Waals surface area contributed by atoms with Gasteiger partial charge in [0, 0.05) is 5.38 Å². The lowest BCUT2D eigenvalue weighted by Crippen LogP contribution is -2.31. The van der Waals surface area contributed by atoms with Crippen LogP contribution in [0, 0.1) is 20.8 Å². The number of hydrogen-bond acceptors (Lipinski definition) is 4. The Labute approximate surface area is 138 Å². The summed E-state index contributed by atoms with van der Waals surface area (Å²) in [5.74, 6) is -1.45. The van der Waals surface area contributed by atoms with E-state index in [0.717, 1.165) is 33.6 Å². The summed E-state index contributed by atoms with van der Waals surface area (Å²) in [6.45, 7) is 5.65. The van der Waals surface area contributed by atoms with Crippen molar-refractivity contribution in [3.8, 4) is 0 Å². The molecule has 0 aliphatic rings. The second kappa shape index (κ2) is 6.93. The van der Waals surface area contributed by atoms with Crippen molar-refractivity contribution in [3.63, 3.8) is 0 Å². The first-order valence-corrected chi connectivity index (χ1v) is 8.02. The molecule has 2 rings (SSSR count). The smallest absolute Gasteiger partial charge is 0.345 e. The van der Waals surface area contributed by atoms with E-state index >= 15 is 0 Å². The normalized spacial score (nSPS) is 12.0. The molecule has 0 aliphatic carbocycles. The Morgan fingerprint density at radius 3 is 2.26 bits per heavy atom. The largest absolute Gasteiger partial charge is 0.477 e. The van der Waals surface area contributed by atoms with Crippen LogP contribution < -0.4 is 5.32 Å². The molecule has 0 bridgehead atoms. The van der Waals surface area contributed by atoms with Crippen LogP contribution in [0.25, 0.3) is 0 Å². The first-order chi connectivity index (χ1) is 10.8. The van der Waals surface area contributed by atoms with E-state index in [9.17, 15) is 14.7 Å². The molecule has 6 heteroatoms. The number of aliphatic hydroxyl groups is 1. The fourth-order valence-electron chi connectivity index (χ4n) is 2.76. The van der Waals surface area contributed by atoms with E-state index in [-0.39, 0.29) is 17.0 Å². The van der Waals surface area contributed by atoms with Crippen molar-refractivity contribution in [2.24, 2.45) is 0 Å². The van der Waals surface area contributed by atoms with Crippen LogP contribution in [0.2, 0.25) is 0 Å². The van der Waals surface area contributed by atoms with Crippen molar-refractivity contribution >= 4 is 23.2 Å². The maximum Gasteiger partial charge on any atom is 0.345 e. The minimum absolute atomic E-state index is 0.110. The Morgan fingerprint density at radius 2 is 1.78 bits per heavy atom. The second-order valence-electron chi connectivity index (χ2n) is 5.53. The number of aryl methyl sites for hydroxylation is 3. The van der Waals surface area contributed by atoms with E-state index in [1.54, 1.807) is 0 Å². The van der Waals surface area contributed by atoms with Crippen LogP contribution >= 0.6 is 11.3 Å². The molecule has 1 aromatic carbocycles. The van der Waals surface area contributed by atoms with Crippen molar-refractivity contribution in [2.75, 3.05) is 6.61 Å². The first-order valence-electron chi connectivity index (χ1n) is 7.14. The number of benzene rings is 1. The molecule has 1 atom stereocenters. The van der Waals surface area contributed by atoms with Crippen molar-refractivity contribution in [1.29, 1.82) is 0 Å². The van der Waals surface area contributed by atoms with E-state index in [0.29, 0.717) is 0 Å². The predicted octanol–water partition coefficient (Wildman–Crippen LogP) is 2.83. The Kier molecular flexibility index (Phi) is 5.18. The number of hydrogen-bond donors (Lipinski definition) is 3. The molecule has 1 heterocycles. The van der Waals surface area contributed by atoms with Gasteiger partial charge in [-0.2, -0.15) is 0 Å². The molecule has 23 heavy (non-hydrogen) atoms. The maximum atomic E-state index is 12.3. The molecule has 2 aromatic rings. The van der Waals surface area contributed by atoms with Gasteiger partial charge in [-0.05, 0) is 43.5 Å². The van der Waals surface area contributed by atoms with Crippen LogP contribution in [-0.2, 0) is 0 Å². The third kappa shape index (κ3) is 3.78. The zero-order valence-corrected chi connectivity index (χ0v) is 14.0. The molecular formula is C17H19NO4S. The second-order valence-corrected chi connectivity index (χ2v) is 6.44. The summed E-state index contributed by atoms with van der Waals surface area (Å²) in [4.78, 5) is 23.3. The number of carboxylic acid groups (broad SMARTS) is 1. The summed E-state index contributed by atoms with van der Waals surface area (Å²) in [6.07, 6.45) is 0. The van der Waals surface area contributed by atoms with Crippen LogP contribution in [0.1, 0.15) is 48.3 Å². The zero-order valence-electron chi connectivity index (χ0n) is 13.2. The molecule has 3 N–H and O–H groups in total. The van der Waals surface area contributed by atoms with Gasteiger partial charge in [-0.15, -0.1) is 11.3 Å². The van der Waals surface area contributed by atoms with Gasteiger partial charge in [-0.25, -0.2) is 4.79 Å². The quantitative estimate of drug-likeness (QED) is 0.785. The fraction of sp³-hybridized carbons (Fsp3) is 0.294. The summed E-state index contributed by atoms with van der Waals surface area (Å²) in [5.41, 5.74) is 4.29. The van der Waals surface area contributed by atoms with Gasteiger partial charge in [-0.3, -0.25) is 4.79 Å². The molecule has 0 fully saturated rings. The highest BCUT2D eigenvalue weighted by Crippen LogP contribution is 2.24. The molecule has 122 valence electrons. The lowest BCUT2D eigenvalue weighted by Gasteiger charge is -2.21. The van der Waals surface area contributed by atoms with Gasteiger partial charge >= 0.3 is 5.97 Å². The van der Waals surface area contributed by atoms with Gasteiger partial charge in [0.1, 0.15) is 4.88 Å². The number of thiophene rings is 1. The number of aliphatic hydroxyl groups excluding tert-OH is 1. The minimum atomic E-state index is -1.06. The monoisotopic (exact) mass is 333 g/mol. The van der Waals surface area contributed by atoms with Crippen LogP contribution in [0.4, 0.5) is 0 Å². The van der Waals surface area contributed by atoms with Crippen molar-refractivity contribution in [3.05, 3.63) is 56.3 Å². The third-order valence-corrected chi connectivity index (χ3v) is 4.57. The highest BCUT2D eigenvalue weighted by Gasteiger charge is 2.20. The van der Waals surface area contributed by atoms with Gasteiger partial charge in [-0.1, -0.05) is 17.7 Å². The number of rotatable bonds is 5. The summed E-state index contributed by atoms with van der Waals surface area (Å²) >= 11 is 1.00. The van der Waals surface area contributed by atoms with Crippen LogP contribution in [0.3, 0.4) is 0 Å². The Bertz CT molecular complexity index is 728. The Morgan fingerprint density at radius 1 is 1.17 bits per heavy atom. The number of carboxylic acids is 1. The fourth-order valence-corrected chi connectivity index (χ4v) is 3.48. The van der Waals surface area contributed by atoms with Gasteiger partial charge in [0.05, 0.1) is 18.2 Å². The number of amides is 1. The average molecular weight is 333 g/mol. The molecule has 1 unspecified atom stereocenters. The zero-order chi connectivity index (χ0) is 17.1. The van der Waals surface area contributed by atoms with Crippen LogP contribution in [0.15, 0.2) is 23.6 Å². The number of carbonyl (C=O) groups is 2. The predicted molar refractivity (Wildman–Crippen MR) is 89.2 cm³/mol. The van der Waals surface area contributed by atoms with E-state index in [2.05, 4.69) is 5.32 Å². The van der Waals surface area contributed by atoms with Crippen LogP contribution in [-0.4, -0.2) is 28.7 Å². The van der Waals surface area contributed by atoms with Crippen molar-refractivity contribution in [1.82, 2.24) is 5.32 Å². The number of aromatic carboxylic acids is 1. The lowest BCUT2D eigenvalue weighted by molar-refractivity contribution is 0.0702. The molecule has 1 aromatic heterocycles. The molecule has 0 aliphatic heterocycles. The number of nitrogens with one attached hydrogen (secondary N) is 1. The third-order valence-electron chi connectivity index (χ3n) is 3.65. The van der Waals surface area contributed by atoms with Gasteiger partial charge in [0.15, 0.2) is 0 Å². The molecule has 1 amide bonds. The SMILES string of the molecule is Cc1cc(C)c(C(CO)NC(=O)c2csc(C(=O)O)c2)c(C)c1. The highest BCUT2D eigenvalue weighted by atomic mass is 32.1. The standard InChI is InChI=1S/C17H19NO4S/c1-9-4-10(2)15(11(3)5-9)13(7-19)18-16(20)12-6-14(17(21)22)23-8-12/h4-6,8,13,19H,7H2,1-3H3,(H,18,20)(H,21,22). The summed E-state index contributed by atoms with van der Waals surface area (Å²) < 4.78 is 0. The number of carbonyl (C=O) groups excluding carboxylic acids is 1. The van der Waals surface area contributed by atoms with E-state index in [1.165, 1.54) is 11.4 Å². The Balaban J connectivity index is 2.25. The van der Waals surface area contributed by atoms with Crippen molar-refractivity contribution < 1.29 is 19.8 Å². The lowest BCUT2D eigenvalue weighted by atomic mass is 9.94. The summed E-state index contributed by atoms with van der Waals surface area (Å²) in [6, 6.07) is 4.82. The topological polar surface area (TPSA) is 86.6 Å². The maximum absolute atomic E-state index is 12.3. The van der Waals surface area contributed by atoms with Gasteiger partial charge < -0.3 is 15.5 Å². The summed E-state index contributed by atoms with van der Waals surface area (Å²) in [7, 11) is 0. The molecule has 0 saturated heterocycles. The molecule has 0 saturated carbocycles. The van der Waals surface area contributed by atoms with E-state index in [1.807, 2.05) is 32.9 Å². The molecular weight excluding hydrogens is 314 g/mol. The van der Waals surface area contributed by atoms with Crippen LogP contribution in [0.5, 0.6) is 0 Å². The Hall–Kier alpha value is -2.18. The van der Waals surface area contributed by atoms with E-state index < -0.39 is 17.9 Å². The first kappa shape index (κ1) is 17.2. The molecule has 5 nitrogen and oxygen atoms in total. The minimum Gasteiger partial charge on any atom is -0.477 e. The summed E-state index contributed by atoms with van der Waals surface area (Å²) in [5, 5.41) is 22.9.